The lowest BCUT2D eigenvalue weighted by molar-refractivity contribution is -0.119. The van der Waals surface area contributed by atoms with E-state index in [4.69, 9.17) is 5.73 Å². The minimum Gasteiger partial charge on any atom is -0.383 e. The number of carbonyl (C=O) groups excluding carboxylic acids is 1. The quantitative estimate of drug-likeness (QED) is 0.518. The highest BCUT2D eigenvalue weighted by Gasteiger charge is 2.26. The molecule has 0 unspecified atom stereocenters. The largest absolute Gasteiger partial charge is 0.383 e. The molecule has 3 heterocycles. The molecule has 2 aromatic heterocycles. The summed E-state index contributed by atoms with van der Waals surface area (Å²) < 4.78 is 1.29. The fraction of sp³-hybridized carbons (Fsp3) is 0.391. The van der Waals surface area contributed by atoms with Crippen LogP contribution in [0.2, 0.25) is 0 Å². The average molecular weight is 484 g/mol. The van der Waals surface area contributed by atoms with Crippen LogP contribution in [0.5, 0.6) is 0 Å². The van der Waals surface area contributed by atoms with Crippen molar-refractivity contribution in [2.45, 2.75) is 19.9 Å². The van der Waals surface area contributed by atoms with Gasteiger partial charge in [-0.25, -0.2) is 9.78 Å². The van der Waals surface area contributed by atoms with Crippen molar-refractivity contribution in [2.75, 3.05) is 54.8 Å². The number of carbonyl (C=O) groups is 1. The van der Waals surface area contributed by atoms with Gasteiger partial charge in [-0.15, -0.1) is 11.3 Å². The number of aromatic amines is 1. The second kappa shape index (κ2) is 10.7. The minimum atomic E-state index is -0.659. The van der Waals surface area contributed by atoms with E-state index in [2.05, 4.69) is 19.8 Å². The van der Waals surface area contributed by atoms with Crippen molar-refractivity contribution in [3.05, 3.63) is 68.3 Å². The molecule has 1 fully saturated rings. The molecule has 1 saturated heterocycles. The van der Waals surface area contributed by atoms with Crippen LogP contribution in [0.25, 0.3) is 0 Å². The Morgan fingerprint density at radius 1 is 1.18 bits per heavy atom. The number of amides is 1. The first-order valence-corrected chi connectivity index (χ1v) is 12.2. The zero-order chi connectivity index (χ0) is 24.1. The summed E-state index contributed by atoms with van der Waals surface area (Å²) in [5, 5.41) is 2.95. The van der Waals surface area contributed by atoms with Gasteiger partial charge in [-0.05, 0) is 18.9 Å². The number of likely N-dealkylation sites (N-methyl/N-ethyl adjacent to an activating group) is 1. The Labute approximate surface area is 201 Å². The molecule has 1 amide bonds. The number of rotatable bonds is 7. The number of nitrogens with zero attached hydrogens (tertiary/aromatic N) is 5. The van der Waals surface area contributed by atoms with Gasteiger partial charge in [0.25, 0.3) is 5.56 Å². The third kappa shape index (κ3) is 5.20. The highest BCUT2D eigenvalue weighted by Crippen LogP contribution is 2.20. The number of H-pyrrole nitrogens is 1. The number of nitrogen functional groups attached to an aromatic ring is 1. The van der Waals surface area contributed by atoms with Crippen molar-refractivity contribution in [1.82, 2.24) is 19.4 Å². The molecular formula is C23H29N7O3S. The van der Waals surface area contributed by atoms with Crippen molar-refractivity contribution in [2.24, 2.45) is 0 Å². The van der Waals surface area contributed by atoms with Crippen LogP contribution in [0.4, 0.5) is 16.6 Å². The molecule has 3 aromatic rings. The number of aromatic nitrogens is 3. The Hall–Kier alpha value is -3.44. The maximum Gasteiger partial charge on any atom is 0.330 e. The molecule has 0 saturated carbocycles. The summed E-state index contributed by atoms with van der Waals surface area (Å²) in [6, 6.07) is 9.34. The summed E-state index contributed by atoms with van der Waals surface area (Å²) in [5.74, 6) is -0.245. The van der Waals surface area contributed by atoms with Crippen LogP contribution in [0.1, 0.15) is 18.9 Å². The van der Waals surface area contributed by atoms with Gasteiger partial charge >= 0.3 is 5.69 Å². The number of hydrogen-bond acceptors (Lipinski definition) is 8. The second-order valence-corrected chi connectivity index (χ2v) is 9.01. The van der Waals surface area contributed by atoms with Gasteiger partial charge in [-0.1, -0.05) is 30.3 Å². The maximum atomic E-state index is 13.3. The molecule has 0 spiro atoms. The van der Waals surface area contributed by atoms with Crippen molar-refractivity contribution < 1.29 is 4.79 Å². The Morgan fingerprint density at radius 2 is 1.97 bits per heavy atom. The minimum absolute atomic E-state index is 0.0152. The molecule has 0 bridgehead atoms. The van der Waals surface area contributed by atoms with Crippen LogP contribution in [0, 0.1) is 0 Å². The van der Waals surface area contributed by atoms with Gasteiger partial charge in [0, 0.05) is 44.3 Å². The highest BCUT2D eigenvalue weighted by molar-refractivity contribution is 7.13. The molecule has 4 rings (SSSR count). The number of thiazole rings is 1. The van der Waals surface area contributed by atoms with Gasteiger partial charge < -0.3 is 15.5 Å². The fourth-order valence-corrected chi connectivity index (χ4v) is 4.89. The Bertz CT molecular complexity index is 1220. The third-order valence-corrected chi connectivity index (χ3v) is 6.75. The van der Waals surface area contributed by atoms with E-state index >= 15 is 0 Å². The van der Waals surface area contributed by atoms with E-state index < -0.39 is 11.2 Å². The molecular weight excluding hydrogens is 454 g/mol. The lowest BCUT2D eigenvalue weighted by Gasteiger charge is -2.27. The first-order chi connectivity index (χ1) is 16.5. The van der Waals surface area contributed by atoms with E-state index in [9.17, 15) is 14.4 Å². The highest BCUT2D eigenvalue weighted by atomic mass is 32.1. The van der Waals surface area contributed by atoms with Crippen molar-refractivity contribution in [3.8, 4) is 0 Å². The van der Waals surface area contributed by atoms with E-state index in [1.807, 2.05) is 35.7 Å². The molecule has 180 valence electrons. The molecule has 3 N–H and O–H groups in total. The van der Waals surface area contributed by atoms with Crippen LogP contribution in [-0.2, 0) is 11.3 Å². The van der Waals surface area contributed by atoms with Gasteiger partial charge in [0.1, 0.15) is 5.82 Å². The van der Waals surface area contributed by atoms with Crippen molar-refractivity contribution in [3.63, 3.8) is 0 Å². The number of nitrogens with one attached hydrogen (secondary N) is 1. The average Bonchev–Trinajstić information content (AvgIpc) is 3.27. The Balaban J connectivity index is 1.52. The van der Waals surface area contributed by atoms with Gasteiger partial charge in [-0.2, -0.15) is 0 Å². The summed E-state index contributed by atoms with van der Waals surface area (Å²) in [4.78, 5) is 50.9. The molecule has 1 aliphatic heterocycles. The normalized spacial score (nSPS) is 14.7. The zero-order valence-corrected chi connectivity index (χ0v) is 20.0. The van der Waals surface area contributed by atoms with E-state index in [1.54, 1.807) is 24.5 Å². The number of nitrogens with two attached hydrogens (primary N) is 1. The lowest BCUT2D eigenvalue weighted by atomic mass is 10.2. The SMILES string of the molecule is CCN(C(=O)CN1CCCN(c2nccs2)CC1)c1c(N)n(Cc2ccccc2)c(=O)[nH]c1=O. The lowest BCUT2D eigenvalue weighted by Crippen LogP contribution is -2.45. The molecule has 0 aliphatic carbocycles. The monoisotopic (exact) mass is 483 g/mol. The standard InChI is InChI=1S/C23H29N7O3S/c1-2-29(18(31)16-27-10-6-11-28(13-12-27)23-25-9-14-34-23)19-20(24)30(22(33)26-21(19)32)15-17-7-4-3-5-8-17/h3-5,7-9,14H,2,6,10-13,15-16,24H2,1H3,(H,26,32,33). The number of benzene rings is 1. The molecule has 1 aliphatic rings. The van der Waals surface area contributed by atoms with E-state index in [0.29, 0.717) is 6.54 Å². The van der Waals surface area contributed by atoms with Gasteiger partial charge in [-0.3, -0.25) is 24.0 Å². The topological polar surface area (TPSA) is 121 Å². The van der Waals surface area contributed by atoms with Crippen LogP contribution in [-0.4, -0.2) is 64.6 Å². The van der Waals surface area contributed by atoms with E-state index in [-0.39, 0.29) is 37.0 Å². The van der Waals surface area contributed by atoms with Crippen molar-refractivity contribution >= 4 is 33.9 Å². The van der Waals surface area contributed by atoms with Gasteiger partial charge in [0.05, 0.1) is 13.1 Å². The van der Waals surface area contributed by atoms with Gasteiger partial charge in [0.2, 0.25) is 5.91 Å². The van der Waals surface area contributed by atoms with Crippen molar-refractivity contribution in [1.29, 1.82) is 0 Å². The predicted molar refractivity (Wildman–Crippen MR) is 135 cm³/mol. The number of hydrogen-bond donors (Lipinski definition) is 2. The molecule has 0 atom stereocenters. The smallest absolute Gasteiger partial charge is 0.330 e. The van der Waals surface area contributed by atoms with Gasteiger partial charge in [0.15, 0.2) is 10.8 Å². The second-order valence-electron chi connectivity index (χ2n) is 8.13. The van der Waals surface area contributed by atoms with E-state index in [1.165, 1.54) is 9.47 Å². The van der Waals surface area contributed by atoms with Crippen LogP contribution >= 0.6 is 11.3 Å². The fourth-order valence-electron chi connectivity index (χ4n) is 4.19. The molecule has 11 heteroatoms. The summed E-state index contributed by atoms with van der Waals surface area (Å²) >= 11 is 1.61. The first-order valence-electron chi connectivity index (χ1n) is 11.3. The third-order valence-electron chi connectivity index (χ3n) is 5.92. The predicted octanol–water partition coefficient (Wildman–Crippen LogP) is 1.19. The summed E-state index contributed by atoms with van der Waals surface area (Å²) in [6.07, 6.45) is 2.70. The summed E-state index contributed by atoms with van der Waals surface area (Å²) in [7, 11) is 0. The van der Waals surface area contributed by atoms with Crippen LogP contribution in [0.15, 0.2) is 51.5 Å². The summed E-state index contributed by atoms with van der Waals surface area (Å²) in [5.41, 5.74) is 5.91. The summed E-state index contributed by atoms with van der Waals surface area (Å²) in [6.45, 7) is 5.54. The number of anilines is 3. The molecule has 0 radical (unpaired) electrons. The Morgan fingerprint density at radius 3 is 2.68 bits per heavy atom. The first kappa shape index (κ1) is 23.7. The molecule has 34 heavy (non-hydrogen) atoms. The zero-order valence-electron chi connectivity index (χ0n) is 19.1. The Kier molecular flexibility index (Phi) is 7.43. The molecule has 1 aromatic carbocycles. The maximum absolute atomic E-state index is 13.3. The van der Waals surface area contributed by atoms with Crippen LogP contribution in [0.3, 0.4) is 0 Å². The van der Waals surface area contributed by atoms with E-state index in [0.717, 1.165) is 36.8 Å². The molecule has 10 nitrogen and oxygen atoms in total. The van der Waals surface area contributed by atoms with Crippen LogP contribution < -0.4 is 26.8 Å².